The van der Waals surface area contributed by atoms with E-state index >= 15 is 0 Å². The molecular weight excluding hydrogens is 168 g/mol. The zero-order valence-electron chi connectivity index (χ0n) is 8.10. The third-order valence-electron chi connectivity index (χ3n) is 2.52. The monoisotopic (exact) mass is 186 g/mol. The molecular formula is C9H18N2O2. The molecule has 3 N–H and O–H groups in total. The van der Waals surface area contributed by atoms with Crippen molar-refractivity contribution in [3.63, 3.8) is 0 Å². The van der Waals surface area contributed by atoms with Crippen molar-refractivity contribution < 1.29 is 9.90 Å². The van der Waals surface area contributed by atoms with E-state index in [0.717, 1.165) is 25.8 Å². The summed E-state index contributed by atoms with van der Waals surface area (Å²) in [5, 5.41) is 14.5. The summed E-state index contributed by atoms with van der Waals surface area (Å²) >= 11 is 0. The summed E-state index contributed by atoms with van der Waals surface area (Å²) in [4.78, 5) is 11.6. The van der Waals surface area contributed by atoms with Crippen LogP contribution in [0.4, 0.5) is 0 Å². The normalized spacial score (nSPS) is 28.5. The van der Waals surface area contributed by atoms with Crippen LogP contribution < -0.4 is 10.6 Å². The number of hydrogen-bond donors (Lipinski definition) is 3. The Balaban J connectivity index is 2.42. The molecule has 4 nitrogen and oxygen atoms in total. The highest BCUT2D eigenvalue weighted by molar-refractivity contribution is 5.85. The summed E-state index contributed by atoms with van der Waals surface area (Å²) in [5.74, 6) is 0.00116. The van der Waals surface area contributed by atoms with Gasteiger partial charge in [-0.05, 0) is 32.7 Å². The molecule has 1 heterocycles. The van der Waals surface area contributed by atoms with E-state index in [-0.39, 0.29) is 12.5 Å². The van der Waals surface area contributed by atoms with Crippen LogP contribution in [0.25, 0.3) is 0 Å². The Morgan fingerprint density at radius 2 is 2.38 bits per heavy atom. The standard InChI is InChI=1S/C9H18N2O2/c1-9(4-2-3-5-11-9)8(13)10-6-7-12/h11-12H,2-7H2,1H3,(H,10,13). The first kappa shape index (κ1) is 10.5. The average molecular weight is 186 g/mol. The number of aliphatic hydroxyl groups is 1. The zero-order chi connectivity index (χ0) is 9.73. The molecule has 1 rings (SSSR count). The minimum absolute atomic E-state index is 0.00116. The van der Waals surface area contributed by atoms with E-state index in [9.17, 15) is 4.79 Å². The molecule has 1 amide bonds. The molecule has 1 fully saturated rings. The van der Waals surface area contributed by atoms with Crippen molar-refractivity contribution in [2.75, 3.05) is 19.7 Å². The molecule has 4 heteroatoms. The second kappa shape index (κ2) is 4.58. The maximum absolute atomic E-state index is 11.6. The molecule has 76 valence electrons. The molecule has 13 heavy (non-hydrogen) atoms. The van der Waals surface area contributed by atoms with Crippen LogP contribution in [-0.2, 0) is 4.79 Å². The Hall–Kier alpha value is -0.610. The van der Waals surface area contributed by atoms with Gasteiger partial charge in [0.05, 0.1) is 12.1 Å². The summed E-state index contributed by atoms with van der Waals surface area (Å²) in [6, 6.07) is 0. The van der Waals surface area contributed by atoms with Crippen molar-refractivity contribution in [2.24, 2.45) is 0 Å². The van der Waals surface area contributed by atoms with Gasteiger partial charge in [0.1, 0.15) is 0 Å². The highest BCUT2D eigenvalue weighted by Gasteiger charge is 2.33. The van der Waals surface area contributed by atoms with Gasteiger partial charge in [0.25, 0.3) is 0 Å². The van der Waals surface area contributed by atoms with E-state index in [1.807, 2.05) is 6.92 Å². The molecule has 0 bridgehead atoms. The van der Waals surface area contributed by atoms with Gasteiger partial charge in [-0.1, -0.05) is 0 Å². The smallest absolute Gasteiger partial charge is 0.240 e. The second-order valence-electron chi connectivity index (χ2n) is 3.70. The Morgan fingerprint density at radius 1 is 1.62 bits per heavy atom. The molecule has 1 aliphatic heterocycles. The quantitative estimate of drug-likeness (QED) is 0.563. The van der Waals surface area contributed by atoms with Crippen LogP contribution in [0.3, 0.4) is 0 Å². The molecule has 0 aliphatic carbocycles. The van der Waals surface area contributed by atoms with E-state index in [2.05, 4.69) is 10.6 Å². The van der Waals surface area contributed by atoms with Gasteiger partial charge >= 0.3 is 0 Å². The minimum Gasteiger partial charge on any atom is -0.395 e. The van der Waals surface area contributed by atoms with Gasteiger partial charge in [0, 0.05) is 6.54 Å². The van der Waals surface area contributed by atoms with Crippen molar-refractivity contribution in [1.29, 1.82) is 0 Å². The molecule has 1 atom stereocenters. The first-order chi connectivity index (χ1) is 6.19. The van der Waals surface area contributed by atoms with Crippen LogP contribution in [0, 0.1) is 0 Å². The van der Waals surface area contributed by atoms with Gasteiger partial charge < -0.3 is 15.7 Å². The van der Waals surface area contributed by atoms with Gasteiger partial charge in [-0.2, -0.15) is 0 Å². The molecule has 0 spiro atoms. The topological polar surface area (TPSA) is 61.4 Å². The predicted octanol–water partition coefficient (Wildman–Crippen LogP) is -0.373. The lowest BCUT2D eigenvalue weighted by molar-refractivity contribution is -0.128. The minimum atomic E-state index is -0.423. The molecule has 0 aromatic heterocycles. The highest BCUT2D eigenvalue weighted by atomic mass is 16.3. The van der Waals surface area contributed by atoms with Crippen molar-refractivity contribution in [3.05, 3.63) is 0 Å². The summed E-state index contributed by atoms with van der Waals surface area (Å²) in [6.45, 7) is 3.17. The van der Waals surface area contributed by atoms with Crippen LogP contribution >= 0.6 is 0 Å². The van der Waals surface area contributed by atoms with E-state index in [4.69, 9.17) is 5.11 Å². The molecule has 0 saturated carbocycles. The number of carbonyl (C=O) groups excluding carboxylic acids is 1. The molecule has 0 radical (unpaired) electrons. The molecule has 1 unspecified atom stereocenters. The van der Waals surface area contributed by atoms with Crippen LogP contribution in [0.15, 0.2) is 0 Å². The van der Waals surface area contributed by atoms with Crippen LogP contribution in [0.5, 0.6) is 0 Å². The number of piperidine rings is 1. The van der Waals surface area contributed by atoms with Gasteiger partial charge in [-0.15, -0.1) is 0 Å². The molecule has 1 aliphatic rings. The van der Waals surface area contributed by atoms with Crippen molar-refractivity contribution in [2.45, 2.75) is 31.7 Å². The fourth-order valence-corrected chi connectivity index (χ4v) is 1.61. The second-order valence-corrected chi connectivity index (χ2v) is 3.70. The number of aliphatic hydroxyl groups excluding tert-OH is 1. The average Bonchev–Trinajstić information content (AvgIpc) is 2.15. The zero-order valence-corrected chi connectivity index (χ0v) is 8.10. The van der Waals surface area contributed by atoms with Gasteiger partial charge in [0.2, 0.25) is 5.91 Å². The maximum Gasteiger partial charge on any atom is 0.240 e. The summed E-state index contributed by atoms with van der Waals surface area (Å²) in [5.41, 5.74) is -0.423. The number of nitrogens with one attached hydrogen (secondary N) is 2. The Bertz CT molecular complexity index is 176. The van der Waals surface area contributed by atoms with E-state index in [1.54, 1.807) is 0 Å². The summed E-state index contributed by atoms with van der Waals surface area (Å²) < 4.78 is 0. The fraction of sp³-hybridized carbons (Fsp3) is 0.889. The van der Waals surface area contributed by atoms with Crippen LogP contribution in [0.2, 0.25) is 0 Å². The van der Waals surface area contributed by atoms with Crippen molar-refractivity contribution in [1.82, 2.24) is 10.6 Å². The number of amides is 1. The molecule has 0 aromatic rings. The largest absolute Gasteiger partial charge is 0.395 e. The summed E-state index contributed by atoms with van der Waals surface area (Å²) in [6.07, 6.45) is 3.11. The first-order valence-electron chi connectivity index (χ1n) is 4.83. The third-order valence-corrected chi connectivity index (χ3v) is 2.52. The SMILES string of the molecule is CC1(C(=O)NCCO)CCCCN1. The van der Waals surface area contributed by atoms with Gasteiger partial charge in [-0.25, -0.2) is 0 Å². The van der Waals surface area contributed by atoms with Crippen LogP contribution in [0.1, 0.15) is 26.2 Å². The van der Waals surface area contributed by atoms with E-state index in [0.29, 0.717) is 6.54 Å². The van der Waals surface area contributed by atoms with E-state index in [1.165, 1.54) is 0 Å². The lowest BCUT2D eigenvalue weighted by Crippen LogP contribution is -2.57. The molecule has 0 aromatic carbocycles. The number of carbonyl (C=O) groups is 1. The maximum atomic E-state index is 11.6. The lowest BCUT2D eigenvalue weighted by atomic mass is 9.90. The van der Waals surface area contributed by atoms with Crippen LogP contribution in [-0.4, -0.2) is 36.2 Å². The predicted molar refractivity (Wildman–Crippen MR) is 50.4 cm³/mol. The summed E-state index contributed by atoms with van der Waals surface area (Å²) in [7, 11) is 0. The van der Waals surface area contributed by atoms with Gasteiger partial charge in [-0.3, -0.25) is 4.79 Å². The van der Waals surface area contributed by atoms with Crippen molar-refractivity contribution >= 4 is 5.91 Å². The highest BCUT2D eigenvalue weighted by Crippen LogP contribution is 2.18. The Labute approximate surface area is 78.7 Å². The lowest BCUT2D eigenvalue weighted by Gasteiger charge is -2.33. The Kier molecular flexibility index (Phi) is 3.69. The number of rotatable bonds is 3. The van der Waals surface area contributed by atoms with Crippen molar-refractivity contribution in [3.8, 4) is 0 Å². The third kappa shape index (κ3) is 2.67. The fourth-order valence-electron chi connectivity index (χ4n) is 1.61. The molecule has 1 saturated heterocycles. The Morgan fingerprint density at radius 3 is 2.92 bits per heavy atom. The number of hydrogen-bond acceptors (Lipinski definition) is 3. The van der Waals surface area contributed by atoms with Gasteiger partial charge in [0.15, 0.2) is 0 Å². The first-order valence-corrected chi connectivity index (χ1v) is 4.83. The van der Waals surface area contributed by atoms with E-state index < -0.39 is 5.54 Å².